The van der Waals surface area contributed by atoms with Gasteiger partial charge in [0.1, 0.15) is 23.1 Å². The summed E-state index contributed by atoms with van der Waals surface area (Å²) in [5, 5.41) is 29.4. The zero-order valence-electron chi connectivity index (χ0n) is 32.3. The molecule has 4 aromatic carbocycles. The summed E-state index contributed by atoms with van der Waals surface area (Å²) in [7, 11) is 0. The van der Waals surface area contributed by atoms with Crippen LogP contribution in [0.15, 0.2) is 124 Å². The van der Waals surface area contributed by atoms with Crippen LogP contribution in [-0.4, -0.2) is 50.5 Å². The van der Waals surface area contributed by atoms with Crippen molar-refractivity contribution in [2.75, 3.05) is 19.7 Å². The first-order valence-electron chi connectivity index (χ1n) is 19.1. The van der Waals surface area contributed by atoms with Gasteiger partial charge in [0.05, 0.1) is 29.8 Å². The number of nitrogens with one attached hydrogen (secondary N) is 3. The molecule has 4 N–H and O–H groups in total. The van der Waals surface area contributed by atoms with Crippen LogP contribution < -0.4 is 20.9 Å². The second kappa shape index (κ2) is 19.8. The molecule has 0 saturated carbocycles. The Bertz CT molecular complexity index is 2660. The summed E-state index contributed by atoms with van der Waals surface area (Å²) in [6.07, 6.45) is -1.36. The van der Waals surface area contributed by atoms with Gasteiger partial charge >= 0.3 is 11.7 Å². The predicted molar refractivity (Wildman–Crippen MR) is 225 cm³/mol. The van der Waals surface area contributed by atoms with Crippen LogP contribution in [0.4, 0.5) is 28.4 Å². The van der Waals surface area contributed by atoms with Crippen molar-refractivity contribution >= 4 is 39.4 Å². The molecule has 0 aliphatic rings. The van der Waals surface area contributed by atoms with Gasteiger partial charge in [-0.3, -0.25) is 14.7 Å². The second-order valence-corrected chi connectivity index (χ2v) is 15.4. The number of ether oxygens (including phenoxy) is 1. The molecule has 3 aromatic heterocycles. The molecule has 61 heavy (non-hydrogen) atoms. The lowest BCUT2D eigenvalue weighted by Crippen LogP contribution is -2.23. The van der Waals surface area contributed by atoms with Gasteiger partial charge in [0.15, 0.2) is 5.69 Å². The number of aliphatic hydroxyl groups is 1. The number of alkyl halides is 3. The quantitative estimate of drug-likeness (QED) is 0.0380. The van der Waals surface area contributed by atoms with Gasteiger partial charge in [-0.25, -0.2) is 14.4 Å². The average molecular weight is 871 g/mol. The van der Waals surface area contributed by atoms with Crippen LogP contribution in [0.2, 0.25) is 0 Å². The Labute approximate surface area is 354 Å². The summed E-state index contributed by atoms with van der Waals surface area (Å²) in [5.74, 6) is -1.23. The number of carbonyl (C=O) groups excluding carboxylic acids is 1. The van der Waals surface area contributed by atoms with Gasteiger partial charge in [-0.1, -0.05) is 90.2 Å². The summed E-state index contributed by atoms with van der Waals surface area (Å²) < 4.78 is 60.6. The number of H-pyrrole nitrogens is 1. The second-order valence-electron chi connectivity index (χ2n) is 13.6. The maximum atomic E-state index is 13.8. The molecule has 7 rings (SSSR count). The van der Waals surface area contributed by atoms with E-state index in [4.69, 9.17) is 4.74 Å². The van der Waals surface area contributed by atoms with E-state index in [1.54, 1.807) is 6.07 Å². The van der Waals surface area contributed by atoms with Crippen molar-refractivity contribution in [3.63, 3.8) is 0 Å². The smallest absolute Gasteiger partial charge is 0.419 e. The third-order valence-electron chi connectivity index (χ3n) is 9.27. The third-order valence-corrected chi connectivity index (χ3v) is 11.0. The highest BCUT2D eigenvalue weighted by Crippen LogP contribution is 2.33. The molecule has 7 aromatic rings. The molecular weight excluding hydrogens is 833 g/mol. The van der Waals surface area contributed by atoms with Crippen molar-refractivity contribution < 1.29 is 32.2 Å². The van der Waals surface area contributed by atoms with E-state index in [0.29, 0.717) is 53.9 Å². The summed E-state index contributed by atoms with van der Waals surface area (Å²) >= 11 is 2.35. The number of aliphatic hydroxyl groups excluding tert-OH is 1. The van der Waals surface area contributed by atoms with Crippen molar-refractivity contribution in [1.29, 1.82) is 0 Å². The van der Waals surface area contributed by atoms with E-state index >= 15 is 0 Å². The highest BCUT2D eigenvalue weighted by atomic mass is 32.1. The predicted octanol–water partition coefficient (Wildman–Crippen LogP) is 9.40. The van der Waals surface area contributed by atoms with E-state index in [0.717, 1.165) is 57.8 Å². The number of rotatable bonds is 18. The molecule has 3 heterocycles. The van der Waals surface area contributed by atoms with E-state index in [-0.39, 0.29) is 35.5 Å². The minimum atomic E-state index is -4.83. The average Bonchev–Trinajstić information content (AvgIpc) is 4.03. The summed E-state index contributed by atoms with van der Waals surface area (Å²) in [4.78, 5) is 35.9. The fourth-order valence-corrected chi connectivity index (χ4v) is 7.68. The maximum absolute atomic E-state index is 13.8. The molecule has 0 fully saturated rings. The number of amides is 1. The van der Waals surface area contributed by atoms with E-state index in [9.17, 15) is 32.3 Å². The van der Waals surface area contributed by atoms with Crippen LogP contribution in [0.5, 0.6) is 5.75 Å². The van der Waals surface area contributed by atoms with Gasteiger partial charge in [-0.05, 0) is 48.6 Å². The Kier molecular flexibility index (Phi) is 13.9. The van der Waals surface area contributed by atoms with Gasteiger partial charge in [0.2, 0.25) is 10.3 Å². The van der Waals surface area contributed by atoms with Gasteiger partial charge in [0, 0.05) is 41.7 Å². The Morgan fingerprint density at radius 2 is 1.67 bits per heavy atom. The van der Waals surface area contributed by atoms with Crippen molar-refractivity contribution in [2.24, 2.45) is 10.2 Å². The van der Waals surface area contributed by atoms with Crippen LogP contribution in [0.25, 0.3) is 27.6 Å². The molecule has 12 nitrogen and oxygen atoms in total. The molecule has 0 atom stereocenters. The van der Waals surface area contributed by atoms with Gasteiger partial charge in [0.25, 0.3) is 5.91 Å². The summed E-state index contributed by atoms with van der Waals surface area (Å²) in [5.41, 5.74) is 2.98. The zero-order valence-corrected chi connectivity index (χ0v) is 33.9. The van der Waals surface area contributed by atoms with Gasteiger partial charge < -0.3 is 20.5 Å². The van der Waals surface area contributed by atoms with Crippen LogP contribution >= 0.6 is 22.7 Å². The monoisotopic (exact) mass is 870 g/mol. The van der Waals surface area contributed by atoms with E-state index < -0.39 is 23.1 Å². The van der Waals surface area contributed by atoms with Crippen LogP contribution in [0.3, 0.4) is 0 Å². The van der Waals surface area contributed by atoms with Crippen LogP contribution in [0.1, 0.15) is 44.8 Å². The highest BCUT2D eigenvalue weighted by Gasteiger charge is 2.34. The number of hydrogen-bond acceptors (Lipinski definition) is 11. The van der Waals surface area contributed by atoms with Gasteiger partial charge in [-0.15, -0.1) is 21.6 Å². The van der Waals surface area contributed by atoms with Crippen LogP contribution in [-0.2, 0) is 25.7 Å². The summed E-state index contributed by atoms with van der Waals surface area (Å²) in [6, 6.07) is 27.2. The number of aromatic amines is 1. The molecule has 18 heteroatoms. The third kappa shape index (κ3) is 10.9. The SMILES string of the molecule is O=C(NCCCCc1ccc(OCc2ccc(F)c(C(F)(F)F)c2)c(CNCCO)c1)c1cnc(N=Nc2c(-c3ccccc3)[nH]n(-c3nc(-c4ccccc4)cs3)c2=O)s1. The number of nitrogens with zero attached hydrogens (tertiary/aromatic N) is 5. The largest absolute Gasteiger partial charge is 0.489 e. The maximum Gasteiger partial charge on any atom is 0.419 e. The molecular formula is C43H38F4N8O4S2. The zero-order chi connectivity index (χ0) is 42.8. The molecule has 0 aliphatic carbocycles. The molecule has 0 radical (unpaired) electrons. The molecule has 0 bridgehead atoms. The van der Waals surface area contributed by atoms with E-state index in [1.807, 2.05) is 78.2 Å². The first kappa shape index (κ1) is 42.8. The number of carbonyl (C=O) groups is 1. The lowest BCUT2D eigenvalue weighted by molar-refractivity contribution is -0.140. The normalized spacial score (nSPS) is 11.7. The number of azo groups is 1. The Morgan fingerprint density at radius 1 is 0.918 bits per heavy atom. The van der Waals surface area contributed by atoms with Crippen molar-refractivity contribution in [1.82, 2.24) is 30.4 Å². The number of thiazole rings is 2. The van der Waals surface area contributed by atoms with Crippen molar-refractivity contribution in [2.45, 2.75) is 38.6 Å². The number of unbranched alkanes of at least 4 members (excludes halogenated alkanes) is 1. The van der Waals surface area contributed by atoms with Crippen molar-refractivity contribution in [3.8, 4) is 33.4 Å². The highest BCUT2D eigenvalue weighted by molar-refractivity contribution is 7.17. The Morgan fingerprint density at radius 3 is 2.43 bits per heavy atom. The number of aryl methyl sites for hydroxylation is 1. The van der Waals surface area contributed by atoms with E-state index in [1.165, 1.54) is 28.3 Å². The number of benzene rings is 4. The Hall–Kier alpha value is -6.34. The van der Waals surface area contributed by atoms with Crippen LogP contribution in [0, 0.1) is 5.82 Å². The lowest BCUT2D eigenvalue weighted by Gasteiger charge is -2.15. The minimum absolute atomic E-state index is 0.0625. The molecule has 0 aliphatic heterocycles. The van der Waals surface area contributed by atoms with E-state index in [2.05, 4.69) is 35.9 Å². The number of aromatic nitrogens is 4. The topological polar surface area (TPSA) is 159 Å². The fourth-order valence-electron chi connectivity index (χ4n) is 6.23. The first-order chi connectivity index (χ1) is 29.6. The molecule has 1 amide bonds. The molecule has 0 spiro atoms. The standard InChI is InChI=1S/C43H38F4N8O4S2/c44-33-16-14-28(22-32(33)43(45,46)47)25-59-35-17-15-27(21-31(35)23-48-19-20-56)9-7-8-18-49-39(57)36-24-50-41(61-36)53-52-38-37(30-12-5-2-6-13-30)54-55(40(38)58)42-51-34(26-60-42)29-10-3-1-4-11-29/h1-6,10-17,21-22,24,26,48,54,56H,7-9,18-20,23,25H2,(H,49,57). The number of hydrogen-bond donors (Lipinski definition) is 4. The Balaban J connectivity index is 0.945. The number of halogens is 4. The molecule has 314 valence electrons. The fraction of sp³-hybridized carbons (Fsp3) is 0.209. The molecule has 0 saturated heterocycles. The lowest BCUT2D eigenvalue weighted by atomic mass is 10.0. The molecule has 0 unspecified atom stereocenters. The van der Waals surface area contributed by atoms with Gasteiger partial charge in [-0.2, -0.15) is 17.9 Å². The first-order valence-corrected chi connectivity index (χ1v) is 20.8. The van der Waals surface area contributed by atoms with Crippen molar-refractivity contribution in [3.05, 3.63) is 152 Å². The summed E-state index contributed by atoms with van der Waals surface area (Å²) in [6.45, 7) is 0.777. The minimum Gasteiger partial charge on any atom is -0.489 e.